The molecule has 1 unspecified atom stereocenters. The van der Waals surface area contributed by atoms with E-state index in [1.54, 1.807) is 31.2 Å². The SMILES string of the molecule is COC(=O)C(C)Oc1ccc(N(C)c2ccc(Cl)cc2Cl)cc1. The van der Waals surface area contributed by atoms with Crippen LogP contribution in [0.2, 0.25) is 10.0 Å². The third-order valence-corrected chi connectivity index (χ3v) is 3.88. The summed E-state index contributed by atoms with van der Waals surface area (Å²) >= 11 is 12.1. The second kappa shape index (κ2) is 7.57. The molecule has 122 valence electrons. The van der Waals surface area contributed by atoms with E-state index in [0.29, 0.717) is 15.8 Å². The summed E-state index contributed by atoms with van der Waals surface area (Å²) in [6.45, 7) is 1.64. The Hall–Kier alpha value is -1.91. The molecule has 0 N–H and O–H groups in total. The molecule has 0 saturated heterocycles. The summed E-state index contributed by atoms with van der Waals surface area (Å²) in [6, 6.07) is 12.7. The number of hydrogen-bond acceptors (Lipinski definition) is 4. The van der Waals surface area contributed by atoms with Crippen LogP contribution in [-0.2, 0) is 9.53 Å². The molecule has 0 aliphatic carbocycles. The first-order valence-corrected chi connectivity index (χ1v) is 7.71. The maximum Gasteiger partial charge on any atom is 0.346 e. The van der Waals surface area contributed by atoms with Crippen LogP contribution in [0.1, 0.15) is 6.92 Å². The fourth-order valence-electron chi connectivity index (χ4n) is 2.06. The average Bonchev–Trinajstić information content (AvgIpc) is 2.54. The van der Waals surface area contributed by atoms with Gasteiger partial charge >= 0.3 is 5.97 Å². The number of methoxy groups -OCH3 is 1. The molecule has 0 radical (unpaired) electrons. The van der Waals surface area contributed by atoms with Crippen molar-refractivity contribution in [3.8, 4) is 5.75 Å². The zero-order valence-corrected chi connectivity index (χ0v) is 14.6. The number of anilines is 2. The van der Waals surface area contributed by atoms with Crippen LogP contribution in [0.4, 0.5) is 11.4 Å². The van der Waals surface area contributed by atoms with Gasteiger partial charge in [0, 0.05) is 17.8 Å². The van der Waals surface area contributed by atoms with Crippen molar-refractivity contribution in [1.82, 2.24) is 0 Å². The van der Waals surface area contributed by atoms with Gasteiger partial charge in [-0.2, -0.15) is 0 Å². The summed E-state index contributed by atoms with van der Waals surface area (Å²) in [5.74, 6) is 0.168. The van der Waals surface area contributed by atoms with Crippen LogP contribution in [0.15, 0.2) is 42.5 Å². The Bertz CT molecular complexity index is 689. The zero-order chi connectivity index (χ0) is 17.0. The Balaban J connectivity index is 2.14. The summed E-state index contributed by atoms with van der Waals surface area (Å²) < 4.78 is 10.1. The minimum absolute atomic E-state index is 0.417. The molecule has 1 atom stereocenters. The maximum atomic E-state index is 11.4. The average molecular weight is 354 g/mol. The van der Waals surface area contributed by atoms with Crippen molar-refractivity contribution in [2.75, 3.05) is 19.1 Å². The summed E-state index contributed by atoms with van der Waals surface area (Å²) in [6.07, 6.45) is -0.658. The minimum Gasteiger partial charge on any atom is -0.479 e. The summed E-state index contributed by atoms with van der Waals surface area (Å²) in [7, 11) is 3.23. The van der Waals surface area contributed by atoms with Crippen LogP contribution < -0.4 is 9.64 Å². The molecule has 6 heteroatoms. The molecule has 0 aliphatic rings. The van der Waals surface area contributed by atoms with Crippen LogP contribution in [0.25, 0.3) is 0 Å². The lowest BCUT2D eigenvalue weighted by atomic mass is 10.2. The second-order valence-electron chi connectivity index (χ2n) is 4.93. The van der Waals surface area contributed by atoms with Gasteiger partial charge in [0.05, 0.1) is 17.8 Å². The van der Waals surface area contributed by atoms with Gasteiger partial charge < -0.3 is 14.4 Å². The van der Waals surface area contributed by atoms with E-state index in [9.17, 15) is 4.79 Å². The van der Waals surface area contributed by atoms with Crippen molar-refractivity contribution in [3.05, 3.63) is 52.5 Å². The van der Waals surface area contributed by atoms with E-state index in [4.69, 9.17) is 27.9 Å². The Morgan fingerprint density at radius 1 is 1.13 bits per heavy atom. The van der Waals surface area contributed by atoms with E-state index >= 15 is 0 Å². The number of halogens is 2. The molecule has 0 heterocycles. The number of carbonyl (C=O) groups excluding carboxylic acids is 1. The number of ether oxygens (including phenoxy) is 2. The van der Waals surface area contributed by atoms with E-state index in [2.05, 4.69) is 4.74 Å². The highest BCUT2D eigenvalue weighted by Gasteiger charge is 2.15. The van der Waals surface area contributed by atoms with Gasteiger partial charge in [0.1, 0.15) is 5.75 Å². The molecular formula is C17H17Cl2NO3. The van der Waals surface area contributed by atoms with E-state index in [1.807, 2.05) is 30.1 Å². The molecule has 23 heavy (non-hydrogen) atoms. The van der Waals surface area contributed by atoms with Crippen LogP contribution >= 0.6 is 23.2 Å². The first kappa shape index (κ1) is 17.4. The number of esters is 1. The second-order valence-corrected chi connectivity index (χ2v) is 5.78. The molecule has 2 aromatic carbocycles. The van der Waals surface area contributed by atoms with Crippen molar-refractivity contribution in [2.24, 2.45) is 0 Å². The van der Waals surface area contributed by atoms with Crippen molar-refractivity contribution in [3.63, 3.8) is 0 Å². The van der Waals surface area contributed by atoms with E-state index in [0.717, 1.165) is 11.4 Å². The fourth-order valence-corrected chi connectivity index (χ4v) is 2.59. The first-order chi connectivity index (χ1) is 10.9. The van der Waals surface area contributed by atoms with Gasteiger partial charge in [0.2, 0.25) is 0 Å². The Morgan fingerprint density at radius 3 is 2.35 bits per heavy atom. The summed E-state index contributed by atoms with van der Waals surface area (Å²) in [5.41, 5.74) is 1.76. The molecule has 2 rings (SSSR count). The lowest BCUT2D eigenvalue weighted by Crippen LogP contribution is -2.24. The molecule has 0 spiro atoms. The van der Waals surface area contributed by atoms with Crippen LogP contribution in [-0.4, -0.2) is 26.2 Å². The lowest BCUT2D eigenvalue weighted by molar-refractivity contribution is -0.147. The number of nitrogens with zero attached hydrogens (tertiary/aromatic N) is 1. The molecule has 0 fully saturated rings. The number of hydrogen-bond donors (Lipinski definition) is 0. The van der Waals surface area contributed by atoms with Crippen LogP contribution in [0.5, 0.6) is 5.75 Å². The third-order valence-electron chi connectivity index (χ3n) is 3.34. The molecule has 2 aromatic rings. The molecule has 0 amide bonds. The summed E-state index contributed by atoms with van der Waals surface area (Å²) in [4.78, 5) is 13.3. The van der Waals surface area contributed by atoms with Crippen molar-refractivity contribution < 1.29 is 14.3 Å². The van der Waals surface area contributed by atoms with Gasteiger partial charge in [-0.3, -0.25) is 0 Å². The van der Waals surface area contributed by atoms with E-state index < -0.39 is 12.1 Å². The Labute approximate surface area is 145 Å². The molecule has 4 nitrogen and oxygen atoms in total. The largest absolute Gasteiger partial charge is 0.479 e. The Morgan fingerprint density at radius 2 is 1.78 bits per heavy atom. The van der Waals surface area contributed by atoms with Crippen molar-refractivity contribution in [2.45, 2.75) is 13.0 Å². The normalized spacial score (nSPS) is 11.7. The van der Waals surface area contributed by atoms with Gasteiger partial charge in [0.25, 0.3) is 0 Å². The first-order valence-electron chi connectivity index (χ1n) is 6.95. The predicted octanol–water partition coefficient (Wildman–Crippen LogP) is 4.70. The molecular weight excluding hydrogens is 337 g/mol. The quantitative estimate of drug-likeness (QED) is 0.730. The van der Waals surface area contributed by atoms with Crippen LogP contribution in [0.3, 0.4) is 0 Å². The monoisotopic (exact) mass is 353 g/mol. The number of benzene rings is 2. The predicted molar refractivity (Wildman–Crippen MR) is 93.1 cm³/mol. The van der Waals surface area contributed by atoms with Gasteiger partial charge in [-0.1, -0.05) is 23.2 Å². The molecule has 0 aliphatic heterocycles. The maximum absolute atomic E-state index is 11.4. The number of carbonyl (C=O) groups is 1. The molecule has 0 saturated carbocycles. The molecule has 0 aromatic heterocycles. The number of rotatable bonds is 5. The van der Waals surface area contributed by atoms with Crippen molar-refractivity contribution >= 4 is 40.5 Å². The highest BCUT2D eigenvalue weighted by atomic mass is 35.5. The third kappa shape index (κ3) is 4.30. The fraction of sp³-hybridized carbons (Fsp3) is 0.235. The van der Waals surface area contributed by atoms with Gasteiger partial charge in [-0.05, 0) is 49.4 Å². The highest BCUT2D eigenvalue weighted by Crippen LogP contribution is 2.33. The minimum atomic E-state index is -0.658. The van der Waals surface area contributed by atoms with Crippen LogP contribution in [0, 0.1) is 0 Å². The summed E-state index contributed by atoms with van der Waals surface area (Å²) in [5, 5.41) is 1.16. The highest BCUT2D eigenvalue weighted by molar-refractivity contribution is 6.36. The van der Waals surface area contributed by atoms with Gasteiger partial charge in [0.15, 0.2) is 6.10 Å². The topological polar surface area (TPSA) is 38.8 Å². The molecule has 0 bridgehead atoms. The smallest absolute Gasteiger partial charge is 0.346 e. The Kier molecular flexibility index (Phi) is 5.74. The lowest BCUT2D eigenvalue weighted by Gasteiger charge is -2.21. The van der Waals surface area contributed by atoms with Gasteiger partial charge in [-0.15, -0.1) is 0 Å². The zero-order valence-electron chi connectivity index (χ0n) is 13.0. The van der Waals surface area contributed by atoms with E-state index in [-0.39, 0.29) is 0 Å². The van der Waals surface area contributed by atoms with E-state index in [1.165, 1.54) is 7.11 Å². The van der Waals surface area contributed by atoms with Gasteiger partial charge in [-0.25, -0.2) is 4.79 Å². The van der Waals surface area contributed by atoms with Crippen molar-refractivity contribution in [1.29, 1.82) is 0 Å². The standard InChI is InChI=1S/C17H17Cl2NO3/c1-11(17(21)22-3)23-14-7-5-13(6-8-14)20(2)16-9-4-12(18)10-15(16)19/h4-11H,1-3H3.